The van der Waals surface area contributed by atoms with Crippen LogP contribution in [0, 0.1) is 17.0 Å². The molecule has 1 heterocycles. The normalized spacial score (nSPS) is 10.8. The first kappa shape index (κ1) is 20.1. The van der Waals surface area contributed by atoms with Gasteiger partial charge in [-0.1, -0.05) is 18.3 Å². The molecule has 2 rings (SSSR count). The number of benzene rings is 1. The third kappa shape index (κ3) is 4.91. The molecule has 1 aromatic carbocycles. The summed E-state index contributed by atoms with van der Waals surface area (Å²) in [6, 6.07) is 2.82. The predicted octanol–water partition coefficient (Wildman–Crippen LogP) is 2.50. The van der Waals surface area contributed by atoms with Crippen molar-refractivity contribution in [3.05, 3.63) is 38.4 Å². The highest BCUT2D eigenvalue weighted by atomic mass is 32.1. The molecule has 1 aromatic heterocycles. The first-order valence-corrected chi connectivity index (χ1v) is 8.74. The molecule has 3 N–H and O–H groups in total. The third-order valence-corrected chi connectivity index (χ3v) is 4.31. The van der Waals surface area contributed by atoms with Crippen molar-refractivity contribution in [3.8, 4) is 11.5 Å². The lowest BCUT2D eigenvalue weighted by Crippen LogP contribution is -2.17. The number of hydrazone groups is 1. The van der Waals surface area contributed by atoms with Crippen LogP contribution in [0.25, 0.3) is 0 Å². The van der Waals surface area contributed by atoms with E-state index in [4.69, 9.17) is 15.2 Å². The van der Waals surface area contributed by atoms with Gasteiger partial charge in [0.25, 0.3) is 5.91 Å². The Morgan fingerprint density at radius 2 is 2.26 bits per heavy atom. The smallest absolute Gasteiger partial charge is 0.315 e. The highest BCUT2D eigenvalue weighted by molar-refractivity contribution is 7.17. The Morgan fingerprint density at radius 3 is 2.81 bits per heavy atom. The number of amides is 1. The lowest BCUT2D eigenvalue weighted by atomic mass is 10.2. The summed E-state index contributed by atoms with van der Waals surface area (Å²) in [5, 5.41) is 15.5. The van der Waals surface area contributed by atoms with Crippen molar-refractivity contribution in [1.29, 1.82) is 0 Å². The second-order valence-corrected chi connectivity index (χ2v) is 6.37. The zero-order valence-electron chi connectivity index (χ0n) is 15.0. The second kappa shape index (κ2) is 8.94. The van der Waals surface area contributed by atoms with E-state index in [-0.39, 0.29) is 22.3 Å². The van der Waals surface area contributed by atoms with Crippen molar-refractivity contribution in [2.24, 2.45) is 5.10 Å². The average Bonchev–Trinajstić information content (AvgIpc) is 2.97. The van der Waals surface area contributed by atoms with Crippen molar-refractivity contribution >= 4 is 34.3 Å². The fraction of sp³-hybridized carbons (Fsp3) is 0.312. The maximum absolute atomic E-state index is 12.1. The molecule has 1 amide bonds. The Kier molecular flexibility index (Phi) is 6.66. The number of nitrogen functional groups attached to an aromatic ring is 1. The van der Waals surface area contributed by atoms with E-state index < -0.39 is 10.8 Å². The maximum Gasteiger partial charge on any atom is 0.315 e. The molecule has 0 bridgehead atoms. The number of thiazole rings is 1. The Hall–Kier alpha value is -3.21. The first-order valence-electron chi connectivity index (χ1n) is 7.92. The van der Waals surface area contributed by atoms with Gasteiger partial charge >= 0.3 is 5.69 Å². The number of methoxy groups -OCH3 is 1. The zero-order chi connectivity index (χ0) is 20.0. The fourth-order valence-corrected chi connectivity index (χ4v) is 2.89. The van der Waals surface area contributed by atoms with Crippen LogP contribution in [-0.2, 0) is 0 Å². The number of nitrogens with one attached hydrogen (secondary N) is 1. The molecule has 11 heteroatoms. The van der Waals surface area contributed by atoms with Crippen LogP contribution in [0.1, 0.15) is 34.3 Å². The molecule has 0 unspecified atom stereocenters. The van der Waals surface area contributed by atoms with Gasteiger partial charge in [0, 0.05) is 11.6 Å². The van der Waals surface area contributed by atoms with Gasteiger partial charge < -0.3 is 15.2 Å². The van der Waals surface area contributed by atoms with Crippen molar-refractivity contribution in [1.82, 2.24) is 10.4 Å². The van der Waals surface area contributed by atoms with Crippen LogP contribution in [0.15, 0.2) is 17.2 Å². The number of carbonyl (C=O) groups is 1. The van der Waals surface area contributed by atoms with Gasteiger partial charge in [0.2, 0.25) is 5.75 Å². The van der Waals surface area contributed by atoms with Gasteiger partial charge in [0.15, 0.2) is 10.9 Å². The number of hydrogen-bond donors (Lipinski definition) is 2. The minimum atomic E-state index is -0.563. The summed E-state index contributed by atoms with van der Waals surface area (Å²) in [7, 11) is 1.39. The standard InChI is InChI=1S/C16H19N5O5S/c1-4-5-26-13-11(21(23)24)6-10(7-12(13)25-3)8-18-20-15(22)14-9(2)19-16(17)27-14/h6-8H,4-5H2,1-3H3,(H2,17,19)(H,20,22)/b18-8-. The molecule has 0 fully saturated rings. The lowest BCUT2D eigenvalue weighted by molar-refractivity contribution is -0.386. The van der Waals surface area contributed by atoms with E-state index in [1.165, 1.54) is 25.5 Å². The Balaban J connectivity index is 2.23. The van der Waals surface area contributed by atoms with Crippen LogP contribution >= 0.6 is 11.3 Å². The fourth-order valence-electron chi connectivity index (χ4n) is 2.16. The zero-order valence-corrected chi connectivity index (χ0v) is 15.8. The summed E-state index contributed by atoms with van der Waals surface area (Å²) in [5.41, 5.74) is 8.52. The first-order chi connectivity index (χ1) is 12.9. The Morgan fingerprint density at radius 1 is 1.52 bits per heavy atom. The van der Waals surface area contributed by atoms with Crippen LogP contribution < -0.4 is 20.6 Å². The van der Waals surface area contributed by atoms with E-state index >= 15 is 0 Å². The largest absolute Gasteiger partial charge is 0.493 e. The number of anilines is 1. The molecule has 0 aliphatic rings. The number of nitro benzene ring substituents is 1. The summed E-state index contributed by atoms with van der Waals surface area (Å²) in [4.78, 5) is 27.2. The minimum Gasteiger partial charge on any atom is -0.493 e. The van der Waals surface area contributed by atoms with E-state index in [2.05, 4.69) is 15.5 Å². The van der Waals surface area contributed by atoms with Gasteiger partial charge in [-0.15, -0.1) is 0 Å². The van der Waals surface area contributed by atoms with Crippen molar-refractivity contribution in [3.63, 3.8) is 0 Å². The number of ether oxygens (including phenoxy) is 2. The van der Waals surface area contributed by atoms with Gasteiger partial charge in [-0.05, 0) is 19.4 Å². The molecule has 2 aromatic rings. The van der Waals surface area contributed by atoms with Gasteiger partial charge in [-0.3, -0.25) is 14.9 Å². The van der Waals surface area contributed by atoms with Crippen LogP contribution in [0.4, 0.5) is 10.8 Å². The molecule has 27 heavy (non-hydrogen) atoms. The molecule has 10 nitrogen and oxygen atoms in total. The second-order valence-electron chi connectivity index (χ2n) is 5.34. The molecule has 0 saturated heterocycles. The number of aromatic nitrogens is 1. The minimum absolute atomic E-state index is 0.0568. The van der Waals surface area contributed by atoms with Crippen molar-refractivity contribution < 1.29 is 19.2 Å². The van der Waals surface area contributed by atoms with Crippen molar-refractivity contribution in [2.75, 3.05) is 19.5 Å². The van der Waals surface area contributed by atoms with E-state index in [0.29, 0.717) is 29.2 Å². The number of aryl methyl sites for hydroxylation is 1. The maximum atomic E-state index is 12.1. The SMILES string of the molecule is CCCOc1c(OC)cc(/C=N\NC(=O)c2sc(N)nc2C)cc1[N+](=O)[O-]. The molecular formula is C16H19N5O5S. The lowest BCUT2D eigenvalue weighted by Gasteiger charge is -2.11. The van der Waals surface area contributed by atoms with E-state index in [1.807, 2.05) is 6.92 Å². The van der Waals surface area contributed by atoms with Crippen molar-refractivity contribution in [2.45, 2.75) is 20.3 Å². The van der Waals surface area contributed by atoms with Crippen LogP contribution in [0.3, 0.4) is 0 Å². The molecule has 0 saturated carbocycles. The summed E-state index contributed by atoms with van der Waals surface area (Å²) >= 11 is 1.05. The van der Waals surface area contributed by atoms with E-state index in [0.717, 1.165) is 11.3 Å². The van der Waals surface area contributed by atoms with Gasteiger partial charge in [-0.25, -0.2) is 10.4 Å². The predicted molar refractivity (Wildman–Crippen MR) is 102 cm³/mol. The molecule has 0 spiro atoms. The highest BCUT2D eigenvalue weighted by Gasteiger charge is 2.22. The molecule has 0 aliphatic carbocycles. The average molecular weight is 393 g/mol. The van der Waals surface area contributed by atoms with Crippen LogP contribution in [-0.4, -0.2) is 35.7 Å². The topological polar surface area (TPSA) is 142 Å². The number of nitrogens with two attached hydrogens (primary N) is 1. The number of carbonyl (C=O) groups excluding carboxylic acids is 1. The van der Waals surface area contributed by atoms with E-state index in [9.17, 15) is 14.9 Å². The molecule has 0 atom stereocenters. The number of nitro groups is 1. The monoisotopic (exact) mass is 393 g/mol. The molecule has 144 valence electrons. The number of hydrogen-bond acceptors (Lipinski definition) is 9. The number of rotatable bonds is 8. The van der Waals surface area contributed by atoms with Crippen LogP contribution in [0.5, 0.6) is 11.5 Å². The summed E-state index contributed by atoms with van der Waals surface area (Å²) in [6.07, 6.45) is 1.97. The van der Waals surface area contributed by atoms with Gasteiger partial charge in [0.05, 0.1) is 30.5 Å². The Labute approximate surface area is 159 Å². The third-order valence-electron chi connectivity index (χ3n) is 3.32. The van der Waals surface area contributed by atoms with Gasteiger partial charge in [-0.2, -0.15) is 5.10 Å². The Bertz CT molecular complexity index is 880. The summed E-state index contributed by atoms with van der Waals surface area (Å²) in [5.74, 6) is -0.208. The van der Waals surface area contributed by atoms with E-state index in [1.54, 1.807) is 6.92 Å². The number of nitrogens with zero attached hydrogens (tertiary/aromatic N) is 3. The molecule has 0 aliphatic heterocycles. The summed E-state index contributed by atoms with van der Waals surface area (Å²) in [6.45, 7) is 3.87. The van der Waals surface area contributed by atoms with Gasteiger partial charge in [0.1, 0.15) is 4.88 Å². The highest BCUT2D eigenvalue weighted by Crippen LogP contribution is 2.38. The molecule has 0 radical (unpaired) electrons. The quantitative estimate of drug-likeness (QED) is 0.398. The van der Waals surface area contributed by atoms with Crippen LogP contribution in [0.2, 0.25) is 0 Å². The summed E-state index contributed by atoms with van der Waals surface area (Å²) < 4.78 is 10.6. The molecular weight excluding hydrogens is 374 g/mol.